The van der Waals surface area contributed by atoms with E-state index >= 15 is 0 Å². The van der Waals surface area contributed by atoms with E-state index in [1.165, 1.54) is 7.11 Å². The highest BCUT2D eigenvalue weighted by Gasteiger charge is 2.21. The summed E-state index contributed by atoms with van der Waals surface area (Å²) in [7, 11) is 1.29. The van der Waals surface area contributed by atoms with Gasteiger partial charge in [0.25, 0.3) is 5.91 Å². The molecule has 0 radical (unpaired) electrons. The van der Waals surface area contributed by atoms with Gasteiger partial charge < -0.3 is 15.4 Å². The number of hydrogen-bond acceptors (Lipinski definition) is 5. The molecule has 1 amide bonds. The van der Waals surface area contributed by atoms with Crippen LogP contribution in [0.3, 0.4) is 0 Å². The lowest BCUT2D eigenvalue weighted by molar-refractivity contribution is -0.142. The minimum atomic E-state index is -0.789. The fraction of sp³-hybridized carbons (Fsp3) is 0.267. The van der Waals surface area contributed by atoms with Crippen LogP contribution >= 0.6 is 0 Å². The summed E-state index contributed by atoms with van der Waals surface area (Å²) in [5.41, 5.74) is 7.02. The van der Waals surface area contributed by atoms with Crippen LogP contribution in [-0.2, 0) is 16.0 Å². The van der Waals surface area contributed by atoms with Crippen molar-refractivity contribution in [3.8, 4) is 0 Å². The number of ether oxygens (including phenoxy) is 1. The third-order valence-electron chi connectivity index (χ3n) is 3.17. The maximum Gasteiger partial charge on any atom is 0.322 e. The molecule has 0 saturated carbocycles. The van der Waals surface area contributed by atoms with E-state index in [9.17, 15) is 9.59 Å². The van der Waals surface area contributed by atoms with Crippen LogP contribution < -0.4 is 5.73 Å². The molecule has 6 heteroatoms. The molecule has 2 N–H and O–H groups in total. The Morgan fingerprint density at radius 2 is 2.19 bits per heavy atom. The molecule has 2 rings (SSSR count). The number of aliphatic imine (C=N–C) groups is 1. The average Bonchev–Trinajstić information content (AvgIpc) is 2.54. The van der Waals surface area contributed by atoms with Gasteiger partial charge in [0.15, 0.2) is 0 Å². The van der Waals surface area contributed by atoms with Crippen molar-refractivity contribution in [1.82, 2.24) is 4.90 Å². The van der Waals surface area contributed by atoms with Gasteiger partial charge >= 0.3 is 5.97 Å². The standard InChI is InChI=1S/C15H17N3O3/c1-21-15(20)13(16)10-11-4-2-3-5-12(11)14(19)18-8-6-17-7-9-18/h2-8,13H,9-10,16H2,1H3/t13-/m0/s1. The number of carbonyl (C=O) groups excluding carboxylic acids is 2. The summed E-state index contributed by atoms with van der Waals surface area (Å²) in [5.74, 6) is -0.646. The van der Waals surface area contributed by atoms with Crippen molar-refractivity contribution >= 4 is 18.1 Å². The maximum absolute atomic E-state index is 12.5. The summed E-state index contributed by atoms with van der Waals surface area (Å²) in [5, 5.41) is 0. The molecule has 6 nitrogen and oxygen atoms in total. The van der Waals surface area contributed by atoms with Gasteiger partial charge in [0, 0.05) is 24.2 Å². The second kappa shape index (κ2) is 6.81. The molecule has 1 aliphatic rings. The third-order valence-corrected chi connectivity index (χ3v) is 3.17. The van der Waals surface area contributed by atoms with E-state index < -0.39 is 12.0 Å². The molecule has 1 aromatic rings. The molecule has 110 valence electrons. The fourth-order valence-corrected chi connectivity index (χ4v) is 2.06. The molecular weight excluding hydrogens is 270 g/mol. The second-order valence-electron chi connectivity index (χ2n) is 4.58. The van der Waals surface area contributed by atoms with Gasteiger partial charge in [-0.05, 0) is 18.1 Å². The van der Waals surface area contributed by atoms with E-state index in [4.69, 9.17) is 5.73 Å². The van der Waals surface area contributed by atoms with Crippen LogP contribution in [0.15, 0.2) is 41.7 Å². The molecule has 0 fully saturated rings. The van der Waals surface area contributed by atoms with E-state index in [-0.39, 0.29) is 12.3 Å². The zero-order valence-electron chi connectivity index (χ0n) is 11.7. The van der Waals surface area contributed by atoms with Crippen LogP contribution in [0.1, 0.15) is 15.9 Å². The van der Waals surface area contributed by atoms with Crippen molar-refractivity contribution in [1.29, 1.82) is 0 Å². The molecule has 0 bridgehead atoms. The van der Waals surface area contributed by atoms with Crippen molar-refractivity contribution in [3.63, 3.8) is 0 Å². The van der Waals surface area contributed by atoms with Gasteiger partial charge in [-0.1, -0.05) is 18.2 Å². The Balaban J connectivity index is 2.20. The second-order valence-corrected chi connectivity index (χ2v) is 4.58. The molecule has 0 unspecified atom stereocenters. The number of carbonyl (C=O) groups is 2. The highest BCUT2D eigenvalue weighted by molar-refractivity contribution is 5.97. The molecule has 1 aromatic carbocycles. The highest BCUT2D eigenvalue weighted by atomic mass is 16.5. The van der Waals surface area contributed by atoms with Gasteiger partial charge in [-0.15, -0.1) is 0 Å². The number of amides is 1. The first-order valence-electron chi connectivity index (χ1n) is 6.54. The Labute approximate surface area is 122 Å². The first-order chi connectivity index (χ1) is 10.1. The van der Waals surface area contributed by atoms with Crippen molar-refractivity contribution in [2.45, 2.75) is 12.5 Å². The number of nitrogens with two attached hydrogens (primary N) is 1. The largest absolute Gasteiger partial charge is 0.468 e. The maximum atomic E-state index is 12.5. The monoisotopic (exact) mass is 287 g/mol. The Bertz CT molecular complexity index is 596. The number of esters is 1. The van der Waals surface area contributed by atoms with Crippen LogP contribution in [-0.4, -0.2) is 42.7 Å². The molecule has 1 atom stereocenters. The van der Waals surface area contributed by atoms with Gasteiger partial charge in [-0.3, -0.25) is 14.6 Å². The number of hydrogen-bond donors (Lipinski definition) is 1. The molecule has 0 aromatic heterocycles. The SMILES string of the molecule is COC(=O)[C@@H](N)Cc1ccccc1C(=O)N1C=CN=CC1. The van der Waals surface area contributed by atoms with Crippen molar-refractivity contribution in [3.05, 3.63) is 47.8 Å². The van der Waals surface area contributed by atoms with Crippen molar-refractivity contribution in [2.75, 3.05) is 13.7 Å². The summed E-state index contributed by atoms with van der Waals surface area (Å²) in [6.07, 6.45) is 5.09. The summed E-state index contributed by atoms with van der Waals surface area (Å²) in [6.45, 7) is 0.423. The summed E-state index contributed by atoms with van der Waals surface area (Å²) >= 11 is 0. The number of benzene rings is 1. The molecule has 21 heavy (non-hydrogen) atoms. The highest BCUT2D eigenvalue weighted by Crippen LogP contribution is 2.15. The minimum Gasteiger partial charge on any atom is -0.468 e. The van der Waals surface area contributed by atoms with E-state index in [0.717, 1.165) is 5.56 Å². The Morgan fingerprint density at radius 1 is 1.43 bits per heavy atom. The van der Waals surface area contributed by atoms with Crippen LogP contribution in [0.2, 0.25) is 0 Å². The number of nitrogens with zero attached hydrogens (tertiary/aromatic N) is 2. The molecule has 0 saturated heterocycles. The first kappa shape index (κ1) is 14.9. The lowest BCUT2D eigenvalue weighted by Crippen LogP contribution is -2.35. The van der Waals surface area contributed by atoms with Gasteiger partial charge in [0.05, 0.1) is 13.7 Å². The summed E-state index contributed by atoms with van der Waals surface area (Å²) in [4.78, 5) is 29.4. The molecule has 1 aliphatic heterocycles. The van der Waals surface area contributed by atoms with Crippen LogP contribution in [0.4, 0.5) is 0 Å². The van der Waals surface area contributed by atoms with Crippen LogP contribution in [0, 0.1) is 0 Å². The van der Waals surface area contributed by atoms with E-state index in [0.29, 0.717) is 12.1 Å². The van der Waals surface area contributed by atoms with Gasteiger partial charge in [-0.25, -0.2) is 0 Å². The van der Waals surface area contributed by atoms with Crippen LogP contribution in [0.5, 0.6) is 0 Å². The predicted molar refractivity (Wildman–Crippen MR) is 78.8 cm³/mol. The lowest BCUT2D eigenvalue weighted by Gasteiger charge is -2.20. The quantitative estimate of drug-likeness (QED) is 0.827. The van der Waals surface area contributed by atoms with E-state index in [1.807, 2.05) is 6.07 Å². The average molecular weight is 287 g/mol. The van der Waals surface area contributed by atoms with Crippen LogP contribution in [0.25, 0.3) is 0 Å². The summed E-state index contributed by atoms with van der Waals surface area (Å²) < 4.78 is 4.61. The minimum absolute atomic E-state index is 0.148. The van der Waals surface area contributed by atoms with Crippen molar-refractivity contribution in [2.24, 2.45) is 10.7 Å². The molecule has 0 spiro atoms. The molecule has 0 aliphatic carbocycles. The fourth-order valence-electron chi connectivity index (χ4n) is 2.06. The lowest BCUT2D eigenvalue weighted by atomic mass is 9.99. The molecule has 1 heterocycles. The number of rotatable bonds is 4. The topological polar surface area (TPSA) is 85.0 Å². The Hall–Kier alpha value is -2.47. The molecular formula is C15H17N3O3. The van der Waals surface area contributed by atoms with Gasteiger partial charge in [0.2, 0.25) is 0 Å². The normalized spacial score (nSPS) is 14.9. The van der Waals surface area contributed by atoms with Gasteiger partial charge in [-0.2, -0.15) is 0 Å². The zero-order chi connectivity index (χ0) is 15.2. The first-order valence-corrected chi connectivity index (χ1v) is 6.54. The third kappa shape index (κ3) is 3.55. The van der Waals surface area contributed by atoms with Crippen molar-refractivity contribution < 1.29 is 14.3 Å². The van der Waals surface area contributed by atoms with E-state index in [2.05, 4.69) is 9.73 Å². The van der Waals surface area contributed by atoms with Gasteiger partial charge in [0.1, 0.15) is 6.04 Å². The Morgan fingerprint density at radius 3 is 2.86 bits per heavy atom. The van der Waals surface area contributed by atoms with E-state index in [1.54, 1.807) is 41.7 Å². The Kier molecular flexibility index (Phi) is 4.84. The number of methoxy groups -OCH3 is 1. The zero-order valence-corrected chi connectivity index (χ0v) is 11.7. The smallest absolute Gasteiger partial charge is 0.322 e. The summed E-state index contributed by atoms with van der Waals surface area (Å²) in [6, 6.07) is 6.31. The predicted octanol–water partition coefficient (Wildman–Crippen LogP) is 0.727.